The first-order valence-corrected chi connectivity index (χ1v) is 7.82. The van der Waals surface area contributed by atoms with Crippen molar-refractivity contribution in [2.45, 2.75) is 45.6 Å². The van der Waals surface area contributed by atoms with Crippen LogP contribution < -0.4 is 0 Å². The van der Waals surface area contributed by atoms with Gasteiger partial charge in [0.15, 0.2) is 0 Å². The second-order valence-electron chi connectivity index (χ2n) is 5.40. The third-order valence-corrected chi connectivity index (χ3v) is 4.72. The number of aromatic nitrogens is 1. The third kappa shape index (κ3) is 4.01. The summed E-state index contributed by atoms with van der Waals surface area (Å²) in [5, 5.41) is 12.0. The molecule has 0 radical (unpaired) electrons. The normalized spacial score (nSPS) is 22.3. The fourth-order valence-corrected chi connectivity index (χ4v) is 3.47. The average Bonchev–Trinajstić information content (AvgIpc) is 2.82. The Kier molecular flexibility index (Phi) is 4.93. The van der Waals surface area contributed by atoms with Crippen molar-refractivity contribution in [1.29, 1.82) is 0 Å². The molecule has 2 heterocycles. The van der Waals surface area contributed by atoms with Gasteiger partial charge in [-0.15, -0.1) is 11.3 Å². The average molecular weight is 282 g/mol. The lowest BCUT2D eigenvalue weighted by Crippen LogP contribution is -2.37. The summed E-state index contributed by atoms with van der Waals surface area (Å²) < 4.78 is 0. The first-order valence-electron chi connectivity index (χ1n) is 6.94. The number of aliphatic carboxylic acids is 1. The van der Waals surface area contributed by atoms with Gasteiger partial charge in [0.25, 0.3) is 0 Å². The van der Waals surface area contributed by atoms with Crippen LogP contribution in [0.4, 0.5) is 0 Å². The molecule has 0 spiro atoms. The van der Waals surface area contributed by atoms with Gasteiger partial charge >= 0.3 is 5.97 Å². The molecule has 0 bridgehead atoms. The summed E-state index contributed by atoms with van der Waals surface area (Å²) in [6, 6.07) is 0.345. The second-order valence-corrected chi connectivity index (χ2v) is 6.47. The molecule has 2 atom stereocenters. The highest BCUT2D eigenvalue weighted by atomic mass is 32.1. The van der Waals surface area contributed by atoms with Crippen molar-refractivity contribution in [2.24, 2.45) is 5.92 Å². The molecule has 5 heteroatoms. The van der Waals surface area contributed by atoms with Gasteiger partial charge in [-0.3, -0.25) is 9.69 Å². The molecule has 1 aromatic rings. The van der Waals surface area contributed by atoms with E-state index in [2.05, 4.69) is 22.2 Å². The second kappa shape index (κ2) is 6.48. The van der Waals surface area contributed by atoms with Gasteiger partial charge in [-0.2, -0.15) is 0 Å². The number of nitrogens with zero attached hydrogens (tertiary/aromatic N) is 2. The zero-order chi connectivity index (χ0) is 13.8. The van der Waals surface area contributed by atoms with E-state index in [9.17, 15) is 4.79 Å². The molecule has 0 aliphatic carbocycles. The molecule has 1 fully saturated rings. The topological polar surface area (TPSA) is 53.4 Å². The van der Waals surface area contributed by atoms with Crippen molar-refractivity contribution in [3.8, 4) is 0 Å². The van der Waals surface area contributed by atoms with Crippen LogP contribution in [-0.4, -0.2) is 34.0 Å². The van der Waals surface area contributed by atoms with Gasteiger partial charge in [0.2, 0.25) is 0 Å². The largest absolute Gasteiger partial charge is 0.481 e. The van der Waals surface area contributed by atoms with Crippen molar-refractivity contribution < 1.29 is 9.90 Å². The van der Waals surface area contributed by atoms with Crippen LogP contribution >= 0.6 is 11.3 Å². The predicted octanol–water partition coefficient (Wildman–Crippen LogP) is 3.09. The standard InChI is InChI=1S/C14H22N2O2S/c1-10(13-9-19-11(2)15-13)16-7-3-4-12(8-16)5-6-14(17)18/h9-10,12H,3-8H2,1-2H3,(H,17,18). The van der Waals surface area contributed by atoms with Gasteiger partial charge in [-0.1, -0.05) is 0 Å². The minimum Gasteiger partial charge on any atom is -0.481 e. The summed E-state index contributed by atoms with van der Waals surface area (Å²) in [5.74, 6) is -0.160. The predicted molar refractivity (Wildman–Crippen MR) is 76.4 cm³/mol. The van der Waals surface area contributed by atoms with Gasteiger partial charge in [0.05, 0.1) is 16.7 Å². The lowest BCUT2D eigenvalue weighted by atomic mass is 9.92. The molecule has 2 unspecified atom stereocenters. The van der Waals surface area contributed by atoms with Crippen LogP contribution in [-0.2, 0) is 4.79 Å². The minimum absolute atomic E-state index is 0.294. The summed E-state index contributed by atoms with van der Waals surface area (Å²) in [7, 11) is 0. The number of likely N-dealkylation sites (tertiary alicyclic amines) is 1. The Morgan fingerprint density at radius 2 is 2.47 bits per heavy atom. The Morgan fingerprint density at radius 3 is 3.11 bits per heavy atom. The molecule has 19 heavy (non-hydrogen) atoms. The monoisotopic (exact) mass is 282 g/mol. The molecule has 106 valence electrons. The smallest absolute Gasteiger partial charge is 0.303 e. The Bertz CT molecular complexity index is 433. The number of hydrogen-bond donors (Lipinski definition) is 1. The maximum Gasteiger partial charge on any atom is 0.303 e. The summed E-state index contributed by atoms with van der Waals surface area (Å²) in [6.45, 7) is 6.34. The molecule has 1 aliphatic rings. The number of piperidine rings is 1. The highest BCUT2D eigenvalue weighted by Crippen LogP contribution is 2.29. The summed E-state index contributed by atoms with van der Waals surface area (Å²) >= 11 is 1.70. The summed E-state index contributed by atoms with van der Waals surface area (Å²) in [4.78, 5) is 17.7. The van der Waals surface area contributed by atoms with Gasteiger partial charge in [-0.05, 0) is 45.6 Å². The SMILES string of the molecule is Cc1nc(C(C)N2CCCC(CCC(=O)O)C2)cs1. The number of thiazole rings is 1. The summed E-state index contributed by atoms with van der Waals surface area (Å²) in [5.41, 5.74) is 1.15. The number of carboxylic acids is 1. The molecule has 1 N–H and O–H groups in total. The maximum atomic E-state index is 10.7. The van der Waals surface area contributed by atoms with E-state index in [-0.39, 0.29) is 0 Å². The zero-order valence-corrected chi connectivity index (χ0v) is 12.4. The van der Waals surface area contributed by atoms with E-state index in [0.717, 1.165) is 43.1 Å². The third-order valence-electron chi connectivity index (χ3n) is 3.93. The molecular weight excluding hydrogens is 260 g/mol. The fraction of sp³-hybridized carbons (Fsp3) is 0.714. The Hall–Kier alpha value is -0.940. The molecule has 4 nitrogen and oxygen atoms in total. The van der Waals surface area contributed by atoms with Crippen molar-refractivity contribution >= 4 is 17.3 Å². The lowest BCUT2D eigenvalue weighted by Gasteiger charge is -2.36. The van der Waals surface area contributed by atoms with Crippen LogP contribution in [0.15, 0.2) is 5.38 Å². The molecule has 1 aromatic heterocycles. The van der Waals surface area contributed by atoms with E-state index in [4.69, 9.17) is 5.11 Å². The van der Waals surface area contributed by atoms with Crippen molar-refractivity contribution in [3.05, 3.63) is 16.1 Å². The fourth-order valence-electron chi connectivity index (χ4n) is 2.77. The van der Waals surface area contributed by atoms with Gasteiger partial charge in [0.1, 0.15) is 0 Å². The quantitative estimate of drug-likeness (QED) is 0.901. The van der Waals surface area contributed by atoms with E-state index >= 15 is 0 Å². The number of aryl methyl sites for hydroxylation is 1. The van der Waals surface area contributed by atoms with Crippen molar-refractivity contribution in [2.75, 3.05) is 13.1 Å². The van der Waals surface area contributed by atoms with E-state index in [0.29, 0.717) is 18.4 Å². The van der Waals surface area contributed by atoms with Crippen molar-refractivity contribution in [3.63, 3.8) is 0 Å². The summed E-state index contributed by atoms with van der Waals surface area (Å²) in [6.07, 6.45) is 3.42. The molecule has 1 saturated heterocycles. The molecule has 2 rings (SSSR count). The van der Waals surface area contributed by atoms with Crippen LogP contribution in [0.25, 0.3) is 0 Å². The molecular formula is C14H22N2O2S. The first kappa shape index (κ1) is 14.5. The highest BCUT2D eigenvalue weighted by molar-refractivity contribution is 7.09. The van der Waals surface area contributed by atoms with Gasteiger partial charge in [-0.25, -0.2) is 4.98 Å². The van der Waals surface area contributed by atoms with E-state index < -0.39 is 5.97 Å². The van der Waals surface area contributed by atoms with Gasteiger partial charge in [0, 0.05) is 18.3 Å². The van der Waals surface area contributed by atoms with E-state index in [1.807, 2.05) is 6.92 Å². The zero-order valence-electron chi connectivity index (χ0n) is 11.6. The minimum atomic E-state index is -0.680. The number of hydrogen-bond acceptors (Lipinski definition) is 4. The Morgan fingerprint density at radius 1 is 1.68 bits per heavy atom. The highest BCUT2D eigenvalue weighted by Gasteiger charge is 2.25. The molecule has 0 amide bonds. The molecule has 0 saturated carbocycles. The van der Waals surface area contributed by atoms with E-state index in [1.165, 1.54) is 0 Å². The number of carbonyl (C=O) groups is 1. The number of rotatable bonds is 5. The maximum absolute atomic E-state index is 10.7. The Balaban J connectivity index is 1.91. The lowest BCUT2D eigenvalue weighted by molar-refractivity contribution is -0.137. The van der Waals surface area contributed by atoms with E-state index in [1.54, 1.807) is 11.3 Å². The van der Waals surface area contributed by atoms with Crippen LogP contribution in [0, 0.1) is 12.8 Å². The van der Waals surface area contributed by atoms with Crippen molar-refractivity contribution in [1.82, 2.24) is 9.88 Å². The number of carboxylic acid groups (broad SMARTS) is 1. The van der Waals surface area contributed by atoms with Crippen LogP contribution in [0.3, 0.4) is 0 Å². The Labute approximate surface area is 118 Å². The molecule has 0 aromatic carbocycles. The van der Waals surface area contributed by atoms with Crippen LogP contribution in [0.5, 0.6) is 0 Å². The first-order chi connectivity index (χ1) is 9.06. The van der Waals surface area contributed by atoms with Gasteiger partial charge < -0.3 is 5.11 Å². The van der Waals surface area contributed by atoms with Crippen LogP contribution in [0.1, 0.15) is 49.4 Å². The van der Waals surface area contributed by atoms with Crippen LogP contribution in [0.2, 0.25) is 0 Å². The molecule has 1 aliphatic heterocycles.